The fourth-order valence-electron chi connectivity index (χ4n) is 3.99. The fourth-order valence-corrected chi connectivity index (χ4v) is 4.55. The van der Waals surface area contributed by atoms with Crippen LogP contribution >= 0.6 is 0 Å². The average Bonchev–Trinajstić information content (AvgIpc) is 2.90. The molecule has 160 valence electrons. The van der Waals surface area contributed by atoms with E-state index in [0.717, 1.165) is 57.6 Å². The Morgan fingerprint density at radius 2 is 1.84 bits per heavy atom. The molecule has 0 atom stereocenters. The van der Waals surface area contributed by atoms with Crippen molar-refractivity contribution in [1.29, 1.82) is 0 Å². The van der Waals surface area contributed by atoms with Gasteiger partial charge in [-0.15, -0.1) is 0 Å². The van der Waals surface area contributed by atoms with Crippen LogP contribution in [0.2, 0.25) is 0 Å². The fraction of sp³-hybridized carbons (Fsp3) is 0.200. The van der Waals surface area contributed by atoms with E-state index in [4.69, 9.17) is 9.47 Å². The molecule has 0 unspecified atom stereocenters. The zero-order chi connectivity index (χ0) is 22.0. The van der Waals surface area contributed by atoms with E-state index in [2.05, 4.69) is 23.8 Å². The second-order valence-electron chi connectivity index (χ2n) is 7.47. The van der Waals surface area contributed by atoms with Crippen LogP contribution in [-0.2, 0) is 16.6 Å². The van der Waals surface area contributed by atoms with Gasteiger partial charge < -0.3 is 9.47 Å². The number of benzene rings is 3. The highest BCUT2D eigenvalue weighted by atomic mass is 32.2. The Labute approximate surface area is 183 Å². The molecule has 5 nitrogen and oxygen atoms in total. The minimum Gasteiger partial charge on any atom is -0.497 e. The first kappa shape index (κ1) is 21.0. The van der Waals surface area contributed by atoms with Crippen LogP contribution in [0.4, 0.5) is 5.69 Å². The molecule has 0 amide bonds. The lowest BCUT2D eigenvalue weighted by atomic mass is 9.86. The zero-order valence-electron chi connectivity index (χ0n) is 17.8. The van der Waals surface area contributed by atoms with Gasteiger partial charge in [0.05, 0.1) is 13.4 Å². The first-order valence-corrected chi connectivity index (χ1v) is 12.0. The van der Waals surface area contributed by atoms with E-state index >= 15 is 0 Å². The molecule has 3 aromatic carbocycles. The van der Waals surface area contributed by atoms with Gasteiger partial charge in [0.25, 0.3) is 0 Å². The Kier molecular flexibility index (Phi) is 5.74. The van der Waals surface area contributed by atoms with Crippen molar-refractivity contribution in [2.24, 2.45) is 0 Å². The molecule has 0 aromatic heterocycles. The smallest absolute Gasteiger partial charge is 0.229 e. The van der Waals surface area contributed by atoms with Crippen molar-refractivity contribution in [2.45, 2.75) is 20.0 Å². The highest BCUT2D eigenvalue weighted by Crippen LogP contribution is 2.43. The van der Waals surface area contributed by atoms with Crippen LogP contribution in [0.25, 0.3) is 11.1 Å². The summed E-state index contributed by atoms with van der Waals surface area (Å²) in [5.41, 5.74) is 6.85. The van der Waals surface area contributed by atoms with Gasteiger partial charge in [0.15, 0.2) is 0 Å². The summed E-state index contributed by atoms with van der Waals surface area (Å²) in [6.45, 7) is 2.55. The molecule has 31 heavy (non-hydrogen) atoms. The molecule has 1 aliphatic heterocycles. The van der Waals surface area contributed by atoms with Crippen LogP contribution in [0.3, 0.4) is 0 Å². The van der Waals surface area contributed by atoms with Crippen LogP contribution in [0.5, 0.6) is 11.5 Å². The molecule has 3 aromatic rings. The molecule has 1 heterocycles. The van der Waals surface area contributed by atoms with Crippen LogP contribution in [0.1, 0.15) is 35.6 Å². The van der Waals surface area contributed by atoms with Gasteiger partial charge in [0, 0.05) is 16.8 Å². The van der Waals surface area contributed by atoms with E-state index in [0.29, 0.717) is 12.3 Å². The van der Waals surface area contributed by atoms with Gasteiger partial charge >= 0.3 is 0 Å². The predicted molar refractivity (Wildman–Crippen MR) is 125 cm³/mol. The lowest BCUT2D eigenvalue weighted by Gasteiger charge is -2.18. The summed E-state index contributed by atoms with van der Waals surface area (Å²) in [5, 5.41) is 0. The molecular formula is C25H25NO4S. The topological polar surface area (TPSA) is 64.6 Å². The van der Waals surface area contributed by atoms with Crippen LogP contribution < -0.4 is 14.2 Å². The quantitative estimate of drug-likeness (QED) is 0.588. The highest BCUT2D eigenvalue weighted by molar-refractivity contribution is 7.92. The van der Waals surface area contributed by atoms with Gasteiger partial charge in [-0.25, -0.2) is 8.42 Å². The monoisotopic (exact) mass is 435 g/mol. The molecule has 1 N–H and O–H groups in total. The summed E-state index contributed by atoms with van der Waals surface area (Å²) < 4.78 is 37.6. The molecule has 0 aliphatic carbocycles. The van der Waals surface area contributed by atoms with Crippen LogP contribution in [0, 0.1) is 0 Å². The van der Waals surface area contributed by atoms with Gasteiger partial charge in [0.2, 0.25) is 10.0 Å². The molecular weight excluding hydrogens is 410 g/mol. The summed E-state index contributed by atoms with van der Waals surface area (Å²) >= 11 is 0. The number of para-hydroxylation sites is 1. The van der Waals surface area contributed by atoms with Crippen LogP contribution in [0.15, 0.2) is 66.7 Å². The third-order valence-corrected chi connectivity index (χ3v) is 5.90. The first-order chi connectivity index (χ1) is 14.9. The second kappa shape index (κ2) is 8.47. The Morgan fingerprint density at radius 3 is 2.58 bits per heavy atom. The van der Waals surface area contributed by atoms with Crippen molar-refractivity contribution in [3.8, 4) is 11.5 Å². The maximum Gasteiger partial charge on any atom is 0.229 e. The van der Waals surface area contributed by atoms with E-state index in [1.165, 1.54) is 0 Å². The average molecular weight is 436 g/mol. The number of hydrogen-bond acceptors (Lipinski definition) is 4. The van der Waals surface area contributed by atoms with Gasteiger partial charge in [-0.3, -0.25) is 4.72 Å². The number of rotatable bonds is 5. The Morgan fingerprint density at radius 1 is 1.03 bits per heavy atom. The van der Waals surface area contributed by atoms with E-state index in [9.17, 15) is 8.42 Å². The Bertz CT molecular complexity index is 1260. The van der Waals surface area contributed by atoms with Crippen molar-refractivity contribution in [2.75, 3.05) is 18.1 Å². The van der Waals surface area contributed by atoms with Crippen molar-refractivity contribution in [3.05, 3.63) is 89.0 Å². The first-order valence-electron chi connectivity index (χ1n) is 10.1. The second-order valence-corrected chi connectivity index (χ2v) is 9.22. The van der Waals surface area contributed by atoms with Gasteiger partial charge in [-0.1, -0.05) is 43.3 Å². The van der Waals surface area contributed by atoms with Crippen molar-refractivity contribution < 1.29 is 17.9 Å². The SMILES string of the molecule is CC/C(=C1/c2ccc(OC)cc2COc2ccccc21)c1cccc(NS(C)(=O)=O)c1. The number of methoxy groups -OCH3 is 1. The van der Waals surface area contributed by atoms with Crippen LogP contribution in [-0.4, -0.2) is 21.8 Å². The number of sulfonamides is 1. The number of anilines is 1. The van der Waals surface area contributed by atoms with Gasteiger partial charge in [-0.2, -0.15) is 0 Å². The largest absolute Gasteiger partial charge is 0.497 e. The van der Waals surface area contributed by atoms with E-state index in [-0.39, 0.29) is 0 Å². The van der Waals surface area contributed by atoms with Crippen molar-refractivity contribution >= 4 is 26.9 Å². The lowest BCUT2D eigenvalue weighted by Crippen LogP contribution is -2.09. The number of fused-ring (bicyclic) bond motifs is 2. The number of nitrogens with one attached hydrogen (secondary N) is 1. The zero-order valence-corrected chi connectivity index (χ0v) is 18.6. The third-order valence-electron chi connectivity index (χ3n) is 5.29. The molecule has 1 aliphatic rings. The highest BCUT2D eigenvalue weighted by Gasteiger charge is 2.23. The molecule has 0 saturated carbocycles. The summed E-state index contributed by atoms with van der Waals surface area (Å²) in [5.74, 6) is 1.61. The number of hydrogen-bond donors (Lipinski definition) is 1. The molecule has 0 bridgehead atoms. The van der Waals surface area contributed by atoms with Crippen molar-refractivity contribution in [3.63, 3.8) is 0 Å². The predicted octanol–water partition coefficient (Wildman–Crippen LogP) is 5.33. The molecule has 4 rings (SSSR count). The molecule has 0 radical (unpaired) electrons. The summed E-state index contributed by atoms with van der Waals surface area (Å²) in [6.07, 6.45) is 1.92. The van der Waals surface area contributed by atoms with E-state index in [1.54, 1.807) is 13.2 Å². The van der Waals surface area contributed by atoms with E-state index < -0.39 is 10.0 Å². The molecule has 6 heteroatoms. The molecule has 0 spiro atoms. The summed E-state index contributed by atoms with van der Waals surface area (Å²) in [4.78, 5) is 0. The third kappa shape index (κ3) is 4.44. The maximum absolute atomic E-state index is 11.7. The number of ether oxygens (including phenoxy) is 2. The summed E-state index contributed by atoms with van der Waals surface area (Å²) in [6, 6.07) is 21.6. The standard InChI is InChI=1S/C25H25NO4S/c1-4-21(17-8-7-9-19(14-17)26-31(3,27)28)25-22-13-12-20(29-2)15-18(22)16-30-24-11-6-5-10-23(24)25/h5-15,26H,4,16H2,1-3H3/b25-21+. The maximum atomic E-state index is 11.7. The normalized spacial score (nSPS) is 14.5. The van der Waals surface area contributed by atoms with Crippen molar-refractivity contribution in [1.82, 2.24) is 0 Å². The minimum absolute atomic E-state index is 0.444. The Hall–Kier alpha value is -3.25. The molecule has 0 saturated heterocycles. The summed E-state index contributed by atoms with van der Waals surface area (Å²) in [7, 11) is -1.71. The van der Waals surface area contributed by atoms with E-state index in [1.807, 2.05) is 48.5 Å². The van der Waals surface area contributed by atoms with Gasteiger partial charge in [0.1, 0.15) is 18.1 Å². The minimum atomic E-state index is -3.36. The molecule has 0 fully saturated rings. The van der Waals surface area contributed by atoms with Gasteiger partial charge in [-0.05, 0) is 59.0 Å². The Balaban J connectivity index is 1.98. The number of allylic oxidation sites excluding steroid dienone is 1. The lowest BCUT2D eigenvalue weighted by molar-refractivity contribution is 0.306.